The summed E-state index contributed by atoms with van der Waals surface area (Å²) in [6, 6.07) is 4.33. The molecule has 0 aliphatic rings. The van der Waals surface area contributed by atoms with Gasteiger partial charge in [0, 0.05) is 0 Å². The number of nitrogens with two attached hydrogens (primary N) is 1. The summed E-state index contributed by atoms with van der Waals surface area (Å²) in [6.45, 7) is 3.25. The molecule has 0 heterocycles. The van der Waals surface area contributed by atoms with E-state index in [4.69, 9.17) is 10.3 Å². The molecule has 1 aromatic rings. The molecule has 0 aliphatic carbocycles. The van der Waals surface area contributed by atoms with E-state index >= 15 is 0 Å². The van der Waals surface area contributed by atoms with Crippen molar-refractivity contribution in [1.29, 1.82) is 0 Å². The van der Waals surface area contributed by atoms with E-state index in [1.54, 1.807) is 13.0 Å². The zero-order valence-electron chi connectivity index (χ0n) is 8.97. The van der Waals surface area contributed by atoms with Crippen molar-refractivity contribution in [2.75, 3.05) is 0 Å². The molecule has 0 fully saturated rings. The molecule has 0 aromatic heterocycles. The number of benzene rings is 1. The molecule has 3 N–H and O–H groups in total. The predicted octanol–water partition coefficient (Wildman–Crippen LogP) is 0.831. The predicted molar refractivity (Wildman–Crippen MR) is 58.6 cm³/mol. The van der Waals surface area contributed by atoms with Gasteiger partial charge < -0.3 is 5.73 Å². The topological polar surface area (TPSA) is 97.5 Å². The van der Waals surface area contributed by atoms with Gasteiger partial charge in [0.25, 0.3) is 10.1 Å². The van der Waals surface area contributed by atoms with Crippen LogP contribution in [-0.4, -0.2) is 18.9 Å². The number of rotatable bonds is 3. The largest absolute Gasteiger partial charge is 0.369 e. The SMILES string of the molecule is Cc1ccc(S(=O)(=O)O)c([C@@H](C)C(N)=O)c1. The molecule has 1 amide bonds. The van der Waals surface area contributed by atoms with E-state index in [9.17, 15) is 13.2 Å². The molecular weight excluding hydrogens is 230 g/mol. The Balaban J connectivity index is 3.47. The molecule has 1 aromatic carbocycles. The molecule has 1 atom stereocenters. The second kappa shape index (κ2) is 4.23. The molecule has 1 rings (SSSR count). The number of carbonyl (C=O) groups is 1. The summed E-state index contributed by atoms with van der Waals surface area (Å²) in [6.07, 6.45) is 0. The standard InChI is InChI=1S/C10H13NO4S/c1-6-3-4-9(16(13,14)15)8(5-6)7(2)10(11)12/h3-5,7H,1-2H3,(H2,11,12)(H,13,14,15)/t7-/m1/s1. The van der Waals surface area contributed by atoms with Gasteiger partial charge in [0.2, 0.25) is 5.91 Å². The fourth-order valence-corrected chi connectivity index (χ4v) is 2.17. The van der Waals surface area contributed by atoms with Crippen LogP contribution < -0.4 is 5.73 Å². The van der Waals surface area contributed by atoms with E-state index in [-0.39, 0.29) is 10.5 Å². The number of hydrogen-bond donors (Lipinski definition) is 2. The number of amides is 1. The van der Waals surface area contributed by atoms with Crippen molar-refractivity contribution in [1.82, 2.24) is 0 Å². The Hall–Kier alpha value is -1.40. The van der Waals surface area contributed by atoms with Crippen LogP contribution >= 0.6 is 0 Å². The normalized spacial score (nSPS) is 13.4. The lowest BCUT2D eigenvalue weighted by atomic mass is 9.99. The fourth-order valence-electron chi connectivity index (χ4n) is 1.39. The minimum absolute atomic E-state index is 0.218. The van der Waals surface area contributed by atoms with Gasteiger partial charge in [-0.3, -0.25) is 9.35 Å². The van der Waals surface area contributed by atoms with Crippen molar-refractivity contribution < 1.29 is 17.8 Å². The first-order valence-corrected chi connectivity index (χ1v) is 6.05. The first-order valence-electron chi connectivity index (χ1n) is 4.61. The minimum Gasteiger partial charge on any atom is -0.369 e. The number of hydrogen-bond acceptors (Lipinski definition) is 3. The molecule has 88 valence electrons. The number of aryl methyl sites for hydroxylation is 1. The van der Waals surface area contributed by atoms with Crippen LogP contribution in [0.3, 0.4) is 0 Å². The number of carbonyl (C=O) groups excluding carboxylic acids is 1. The molecule has 0 aliphatic heterocycles. The van der Waals surface area contributed by atoms with Crippen molar-refractivity contribution in [3.05, 3.63) is 29.3 Å². The average molecular weight is 243 g/mol. The van der Waals surface area contributed by atoms with Crippen LogP contribution in [0.15, 0.2) is 23.1 Å². The van der Waals surface area contributed by atoms with Crippen molar-refractivity contribution in [3.8, 4) is 0 Å². The smallest absolute Gasteiger partial charge is 0.294 e. The maximum atomic E-state index is 11.1. The van der Waals surface area contributed by atoms with Crippen molar-refractivity contribution in [2.45, 2.75) is 24.7 Å². The summed E-state index contributed by atoms with van der Waals surface area (Å²) in [5, 5.41) is 0. The minimum atomic E-state index is -4.34. The summed E-state index contributed by atoms with van der Waals surface area (Å²) in [5.74, 6) is -1.41. The Morgan fingerprint density at radius 1 is 1.44 bits per heavy atom. The van der Waals surface area contributed by atoms with Crippen LogP contribution in [0, 0.1) is 6.92 Å². The Bertz CT molecular complexity index is 522. The van der Waals surface area contributed by atoms with E-state index in [2.05, 4.69) is 0 Å². The number of primary amides is 1. The average Bonchev–Trinajstić information content (AvgIpc) is 2.14. The van der Waals surface area contributed by atoms with Crippen LogP contribution in [0.25, 0.3) is 0 Å². The van der Waals surface area contributed by atoms with E-state index < -0.39 is 21.9 Å². The maximum absolute atomic E-state index is 11.1. The van der Waals surface area contributed by atoms with Gasteiger partial charge in [-0.25, -0.2) is 0 Å². The van der Waals surface area contributed by atoms with Gasteiger partial charge >= 0.3 is 0 Å². The Morgan fingerprint density at radius 3 is 2.44 bits per heavy atom. The third-order valence-corrected chi connectivity index (χ3v) is 3.26. The summed E-state index contributed by atoms with van der Waals surface area (Å²) < 4.78 is 31.2. The summed E-state index contributed by atoms with van der Waals surface area (Å²) >= 11 is 0. The van der Waals surface area contributed by atoms with E-state index in [1.807, 2.05) is 0 Å². The van der Waals surface area contributed by atoms with Crippen molar-refractivity contribution in [2.24, 2.45) is 5.73 Å². The molecule has 5 nitrogen and oxygen atoms in total. The molecular formula is C10H13NO4S. The van der Waals surface area contributed by atoms with Crippen LogP contribution in [0.1, 0.15) is 24.0 Å². The molecule has 0 radical (unpaired) electrons. The molecule has 0 spiro atoms. The molecule has 0 bridgehead atoms. The van der Waals surface area contributed by atoms with Crippen LogP contribution in [0.2, 0.25) is 0 Å². The molecule has 16 heavy (non-hydrogen) atoms. The summed E-state index contributed by atoms with van der Waals surface area (Å²) in [7, 11) is -4.34. The highest BCUT2D eigenvalue weighted by Crippen LogP contribution is 2.24. The van der Waals surface area contributed by atoms with E-state index in [1.165, 1.54) is 19.1 Å². The van der Waals surface area contributed by atoms with Gasteiger partial charge in [0.05, 0.1) is 10.8 Å². The lowest BCUT2D eigenvalue weighted by Gasteiger charge is -2.12. The Labute approximate surface area is 94.0 Å². The molecule has 6 heteroatoms. The van der Waals surface area contributed by atoms with Gasteiger partial charge in [-0.15, -0.1) is 0 Å². The second-order valence-electron chi connectivity index (χ2n) is 3.64. The zero-order valence-corrected chi connectivity index (χ0v) is 9.78. The highest BCUT2D eigenvalue weighted by atomic mass is 32.2. The van der Waals surface area contributed by atoms with Crippen LogP contribution in [0.5, 0.6) is 0 Å². The zero-order chi connectivity index (χ0) is 12.5. The Morgan fingerprint density at radius 2 is 2.00 bits per heavy atom. The first-order chi connectivity index (χ1) is 7.23. The molecule has 0 saturated heterocycles. The summed E-state index contributed by atoms with van der Waals surface area (Å²) in [5.41, 5.74) is 6.12. The highest BCUT2D eigenvalue weighted by Gasteiger charge is 2.22. The third kappa shape index (κ3) is 2.59. The quantitative estimate of drug-likeness (QED) is 0.768. The van der Waals surface area contributed by atoms with Gasteiger partial charge in [-0.2, -0.15) is 8.42 Å². The lowest BCUT2D eigenvalue weighted by molar-refractivity contribution is -0.119. The first kappa shape index (κ1) is 12.7. The van der Waals surface area contributed by atoms with Gasteiger partial charge in [-0.05, 0) is 25.5 Å². The highest BCUT2D eigenvalue weighted by molar-refractivity contribution is 7.85. The van der Waals surface area contributed by atoms with Crippen molar-refractivity contribution >= 4 is 16.0 Å². The van der Waals surface area contributed by atoms with Crippen molar-refractivity contribution in [3.63, 3.8) is 0 Å². The van der Waals surface area contributed by atoms with E-state index in [0.717, 1.165) is 5.56 Å². The van der Waals surface area contributed by atoms with E-state index in [0.29, 0.717) is 0 Å². The van der Waals surface area contributed by atoms with Crippen LogP contribution in [-0.2, 0) is 14.9 Å². The van der Waals surface area contributed by atoms with Crippen LogP contribution in [0.4, 0.5) is 0 Å². The lowest BCUT2D eigenvalue weighted by Crippen LogP contribution is -2.20. The molecule has 0 unspecified atom stereocenters. The summed E-state index contributed by atoms with van der Waals surface area (Å²) in [4.78, 5) is 10.8. The third-order valence-electron chi connectivity index (χ3n) is 2.34. The Kier molecular flexibility index (Phi) is 3.35. The molecule has 0 saturated carbocycles. The monoisotopic (exact) mass is 243 g/mol. The maximum Gasteiger partial charge on any atom is 0.294 e. The van der Waals surface area contributed by atoms with Gasteiger partial charge in [-0.1, -0.05) is 17.7 Å². The fraction of sp³-hybridized carbons (Fsp3) is 0.300. The van der Waals surface area contributed by atoms with Gasteiger partial charge in [0.15, 0.2) is 0 Å². The van der Waals surface area contributed by atoms with Gasteiger partial charge in [0.1, 0.15) is 0 Å². The second-order valence-corrected chi connectivity index (χ2v) is 5.03.